The van der Waals surface area contributed by atoms with E-state index < -0.39 is 30.0 Å². The number of ether oxygens (including phenoxy) is 1. The van der Waals surface area contributed by atoms with Crippen molar-refractivity contribution >= 4 is 24.6 Å². The van der Waals surface area contributed by atoms with E-state index in [9.17, 15) is 4.79 Å². The van der Waals surface area contributed by atoms with Crippen LogP contribution in [0.3, 0.4) is 0 Å². The molecule has 0 aromatic carbocycles. The Labute approximate surface area is 167 Å². The van der Waals surface area contributed by atoms with Crippen molar-refractivity contribution in [2.75, 3.05) is 18.0 Å². The van der Waals surface area contributed by atoms with Crippen LogP contribution in [0, 0.1) is 0 Å². The predicted octanol–water partition coefficient (Wildman–Crippen LogP) is 1.88. The van der Waals surface area contributed by atoms with Gasteiger partial charge in [-0.1, -0.05) is 0 Å². The molecule has 1 N–H and O–H groups in total. The smallest absolute Gasteiger partial charge is 0.444 e. The highest BCUT2D eigenvalue weighted by molar-refractivity contribution is 6.61. The summed E-state index contributed by atoms with van der Waals surface area (Å²) in [5.41, 5.74) is -0.503. The van der Waals surface area contributed by atoms with Gasteiger partial charge in [0.05, 0.1) is 17.2 Å². The van der Waals surface area contributed by atoms with Crippen LogP contribution in [-0.2, 0) is 14.0 Å². The largest absolute Gasteiger partial charge is 0.498 e. The average Bonchev–Trinajstić information content (AvgIpc) is 3.08. The Bertz CT molecular complexity index is 702. The molecule has 1 aromatic rings. The molecule has 0 radical (unpaired) electrons. The van der Waals surface area contributed by atoms with Crippen LogP contribution in [0.1, 0.15) is 54.9 Å². The van der Waals surface area contributed by atoms with Crippen LogP contribution in [0.5, 0.6) is 0 Å². The van der Waals surface area contributed by atoms with Crippen LogP contribution in [0.25, 0.3) is 0 Å². The number of anilines is 1. The van der Waals surface area contributed by atoms with Gasteiger partial charge in [-0.3, -0.25) is 0 Å². The lowest BCUT2D eigenvalue weighted by Gasteiger charge is -2.32. The van der Waals surface area contributed by atoms with E-state index in [1.165, 1.54) is 0 Å². The topological polar surface area (TPSA) is 85.8 Å². The number of rotatable bonds is 3. The van der Waals surface area contributed by atoms with E-state index in [1.54, 1.807) is 12.4 Å². The van der Waals surface area contributed by atoms with Crippen molar-refractivity contribution in [1.29, 1.82) is 0 Å². The molecule has 2 saturated heterocycles. The van der Waals surface area contributed by atoms with Crippen LogP contribution in [0.4, 0.5) is 10.7 Å². The molecule has 0 aliphatic carbocycles. The van der Waals surface area contributed by atoms with Crippen LogP contribution < -0.4 is 15.7 Å². The van der Waals surface area contributed by atoms with Crippen molar-refractivity contribution in [3.8, 4) is 0 Å². The Morgan fingerprint density at radius 1 is 1.21 bits per heavy atom. The van der Waals surface area contributed by atoms with E-state index in [-0.39, 0.29) is 6.04 Å². The zero-order valence-corrected chi connectivity index (χ0v) is 17.9. The molecule has 2 aliphatic rings. The summed E-state index contributed by atoms with van der Waals surface area (Å²) in [6.07, 6.45) is 3.93. The molecule has 8 nitrogen and oxygen atoms in total. The van der Waals surface area contributed by atoms with Crippen LogP contribution >= 0.6 is 0 Å². The number of carbonyl (C=O) groups excluding carboxylic acids is 1. The second kappa shape index (κ2) is 7.19. The van der Waals surface area contributed by atoms with E-state index in [2.05, 4.69) is 20.2 Å². The highest BCUT2D eigenvalue weighted by Gasteiger charge is 2.52. The Kier molecular flexibility index (Phi) is 5.35. The monoisotopic (exact) mass is 390 g/mol. The van der Waals surface area contributed by atoms with Gasteiger partial charge in [0.1, 0.15) is 5.60 Å². The van der Waals surface area contributed by atoms with Gasteiger partial charge in [-0.2, -0.15) is 0 Å². The predicted molar refractivity (Wildman–Crippen MR) is 108 cm³/mol. The number of aromatic nitrogens is 2. The van der Waals surface area contributed by atoms with E-state index in [1.807, 2.05) is 48.5 Å². The van der Waals surface area contributed by atoms with E-state index >= 15 is 0 Å². The van der Waals surface area contributed by atoms with Gasteiger partial charge >= 0.3 is 13.2 Å². The number of carbonyl (C=O) groups is 1. The second-order valence-corrected chi connectivity index (χ2v) is 9.48. The summed E-state index contributed by atoms with van der Waals surface area (Å²) < 4.78 is 17.4. The van der Waals surface area contributed by atoms with Gasteiger partial charge in [-0.15, -0.1) is 0 Å². The molecule has 2 fully saturated rings. The number of nitrogens with one attached hydrogen (secondary N) is 1. The average molecular weight is 390 g/mol. The molecule has 3 rings (SSSR count). The zero-order chi connectivity index (χ0) is 20.7. The summed E-state index contributed by atoms with van der Waals surface area (Å²) in [6, 6.07) is 0.0150. The highest BCUT2D eigenvalue weighted by Crippen LogP contribution is 2.36. The lowest BCUT2D eigenvalue weighted by molar-refractivity contribution is 0.00578. The molecule has 3 heterocycles. The minimum absolute atomic E-state index is 0.0150. The first-order chi connectivity index (χ1) is 12.9. The van der Waals surface area contributed by atoms with Gasteiger partial charge in [0.25, 0.3) is 0 Å². The normalized spacial score (nSPS) is 23.8. The number of amides is 1. The van der Waals surface area contributed by atoms with Gasteiger partial charge in [0.2, 0.25) is 5.95 Å². The lowest BCUT2D eigenvalue weighted by atomic mass is 9.81. The Morgan fingerprint density at radius 2 is 1.79 bits per heavy atom. The molecule has 0 saturated carbocycles. The third-order valence-corrected chi connectivity index (χ3v) is 5.38. The van der Waals surface area contributed by atoms with Crippen molar-refractivity contribution < 1.29 is 18.8 Å². The van der Waals surface area contributed by atoms with Crippen LogP contribution in [-0.4, -0.2) is 59.1 Å². The van der Waals surface area contributed by atoms with E-state index in [0.29, 0.717) is 12.5 Å². The molecule has 0 bridgehead atoms. The highest BCUT2D eigenvalue weighted by atomic mass is 16.7. The Morgan fingerprint density at radius 3 is 2.32 bits per heavy atom. The molecule has 0 spiro atoms. The first-order valence-corrected chi connectivity index (χ1v) is 9.78. The van der Waals surface area contributed by atoms with Gasteiger partial charge in [-0.05, 0) is 54.9 Å². The van der Waals surface area contributed by atoms with Gasteiger partial charge in [0, 0.05) is 30.9 Å². The second-order valence-electron chi connectivity index (χ2n) is 9.48. The number of hydrogen-bond donors (Lipinski definition) is 1. The van der Waals surface area contributed by atoms with Gasteiger partial charge in [-0.25, -0.2) is 14.8 Å². The fraction of sp³-hybridized carbons (Fsp3) is 0.737. The van der Waals surface area contributed by atoms with Gasteiger partial charge in [0.15, 0.2) is 0 Å². The fourth-order valence-electron chi connectivity index (χ4n) is 3.13. The molecular formula is C19H31BN4O4. The maximum absolute atomic E-state index is 11.9. The fourth-order valence-corrected chi connectivity index (χ4v) is 3.13. The SMILES string of the molecule is CC(C)(C)OC(=O)NC1CCN(c2ncc(B3OC(C)(C)C(C)(C)O3)cn2)C1. The summed E-state index contributed by atoms with van der Waals surface area (Å²) in [5.74, 6) is 0.633. The molecule has 2 aliphatic heterocycles. The molecule has 1 amide bonds. The quantitative estimate of drug-likeness (QED) is 0.789. The van der Waals surface area contributed by atoms with Crippen molar-refractivity contribution in [2.24, 2.45) is 0 Å². The maximum Gasteiger partial charge on any atom is 0.498 e. The van der Waals surface area contributed by atoms with Crippen molar-refractivity contribution in [3.05, 3.63) is 12.4 Å². The number of hydrogen-bond acceptors (Lipinski definition) is 7. The van der Waals surface area contributed by atoms with Crippen molar-refractivity contribution in [2.45, 2.75) is 77.7 Å². The summed E-state index contributed by atoms with van der Waals surface area (Å²) in [7, 11) is -0.473. The first kappa shape index (κ1) is 20.9. The van der Waals surface area contributed by atoms with Crippen molar-refractivity contribution in [1.82, 2.24) is 15.3 Å². The molecule has 1 atom stereocenters. The summed E-state index contributed by atoms with van der Waals surface area (Å²) in [5, 5.41) is 2.91. The van der Waals surface area contributed by atoms with Gasteiger partial charge < -0.3 is 24.3 Å². The molecule has 9 heteroatoms. The third-order valence-electron chi connectivity index (χ3n) is 5.38. The first-order valence-electron chi connectivity index (χ1n) is 9.78. The summed E-state index contributed by atoms with van der Waals surface area (Å²) >= 11 is 0. The standard InChI is InChI=1S/C19H31BN4O4/c1-17(2,3)26-16(25)23-14-8-9-24(12-14)15-21-10-13(11-22-15)20-27-18(4,5)19(6,7)28-20/h10-11,14H,8-9,12H2,1-7H3,(H,23,25). The van der Waals surface area contributed by atoms with E-state index in [0.717, 1.165) is 18.4 Å². The summed E-state index contributed by atoms with van der Waals surface area (Å²) in [4.78, 5) is 23.0. The van der Waals surface area contributed by atoms with E-state index in [4.69, 9.17) is 14.0 Å². The van der Waals surface area contributed by atoms with Crippen LogP contribution in [0.15, 0.2) is 12.4 Å². The summed E-state index contributed by atoms with van der Waals surface area (Å²) in [6.45, 7) is 15.0. The number of nitrogens with zero attached hydrogens (tertiary/aromatic N) is 3. The number of alkyl carbamates (subject to hydrolysis) is 1. The molecule has 1 aromatic heterocycles. The third kappa shape index (κ3) is 4.58. The maximum atomic E-state index is 11.9. The van der Waals surface area contributed by atoms with Crippen LogP contribution in [0.2, 0.25) is 0 Å². The molecular weight excluding hydrogens is 359 g/mol. The zero-order valence-electron chi connectivity index (χ0n) is 17.9. The lowest BCUT2D eigenvalue weighted by Crippen LogP contribution is -2.41. The minimum Gasteiger partial charge on any atom is -0.444 e. The van der Waals surface area contributed by atoms with Crippen molar-refractivity contribution in [3.63, 3.8) is 0 Å². The molecule has 1 unspecified atom stereocenters. The Hall–Kier alpha value is -1.87. The molecule has 154 valence electrons. The molecule has 28 heavy (non-hydrogen) atoms. The minimum atomic E-state index is -0.505. The Balaban J connectivity index is 1.57.